The minimum Gasteiger partial charge on any atom is -0.455 e. The van der Waals surface area contributed by atoms with E-state index < -0.39 is 0 Å². The number of carbonyl (C=O) groups excluding carboxylic acids is 1. The van der Waals surface area contributed by atoms with Crippen molar-refractivity contribution in [1.82, 2.24) is 15.2 Å². The predicted octanol–water partition coefficient (Wildman–Crippen LogP) is 2.82. The Kier molecular flexibility index (Phi) is 4.39. The van der Waals surface area contributed by atoms with Gasteiger partial charge in [-0.15, -0.1) is 0 Å². The largest absolute Gasteiger partial charge is 0.455 e. The highest BCUT2D eigenvalue weighted by Gasteiger charge is 2.11. The van der Waals surface area contributed by atoms with E-state index in [4.69, 9.17) is 4.42 Å². The lowest BCUT2D eigenvalue weighted by Gasteiger charge is -2.06. The first-order valence-electron chi connectivity index (χ1n) is 7.48. The summed E-state index contributed by atoms with van der Waals surface area (Å²) in [5, 5.41) is 3.92. The van der Waals surface area contributed by atoms with Gasteiger partial charge in [0.2, 0.25) is 0 Å². The molecule has 1 aromatic carbocycles. The third-order valence-corrected chi connectivity index (χ3v) is 3.44. The van der Waals surface area contributed by atoms with Gasteiger partial charge in [-0.25, -0.2) is 0 Å². The first-order valence-corrected chi connectivity index (χ1v) is 7.48. The molecule has 3 rings (SSSR count). The van der Waals surface area contributed by atoms with E-state index in [0.717, 1.165) is 22.4 Å². The van der Waals surface area contributed by atoms with E-state index in [0.29, 0.717) is 18.8 Å². The molecule has 5 nitrogen and oxygen atoms in total. The van der Waals surface area contributed by atoms with E-state index in [1.807, 2.05) is 61.5 Å². The molecule has 0 unspecified atom stereocenters. The first kappa shape index (κ1) is 15.2. The summed E-state index contributed by atoms with van der Waals surface area (Å²) in [5.74, 6) is 0.858. The Labute approximate surface area is 134 Å². The van der Waals surface area contributed by atoms with Crippen LogP contribution in [0.1, 0.15) is 22.0 Å². The molecular weight excluding hydrogens is 290 g/mol. The number of rotatable bonds is 5. The van der Waals surface area contributed by atoms with Gasteiger partial charge in [-0.3, -0.25) is 9.78 Å². The number of aromatic nitrogens is 1. The van der Waals surface area contributed by atoms with Gasteiger partial charge in [-0.05, 0) is 38.4 Å². The van der Waals surface area contributed by atoms with Crippen LogP contribution >= 0.6 is 0 Å². The Bertz CT molecular complexity index is 824. The first-order chi connectivity index (χ1) is 11.1. The molecule has 2 heterocycles. The molecule has 2 aromatic heterocycles. The van der Waals surface area contributed by atoms with Crippen LogP contribution < -0.4 is 5.32 Å². The minimum atomic E-state index is -0.232. The topological polar surface area (TPSA) is 58.4 Å². The quantitative estimate of drug-likeness (QED) is 0.787. The zero-order chi connectivity index (χ0) is 16.2. The molecule has 0 aliphatic heterocycles. The second-order valence-electron chi connectivity index (χ2n) is 5.68. The molecule has 0 spiro atoms. The van der Waals surface area contributed by atoms with Gasteiger partial charge in [-0.2, -0.15) is 0 Å². The van der Waals surface area contributed by atoms with E-state index in [2.05, 4.69) is 10.3 Å². The van der Waals surface area contributed by atoms with Crippen molar-refractivity contribution >= 4 is 16.8 Å². The van der Waals surface area contributed by atoms with Gasteiger partial charge in [0.05, 0.1) is 24.3 Å². The number of amides is 1. The molecule has 0 saturated heterocycles. The molecule has 1 amide bonds. The fourth-order valence-corrected chi connectivity index (χ4v) is 2.36. The van der Waals surface area contributed by atoms with E-state index in [9.17, 15) is 4.79 Å². The van der Waals surface area contributed by atoms with Gasteiger partial charge in [0.15, 0.2) is 5.76 Å². The van der Waals surface area contributed by atoms with Crippen molar-refractivity contribution < 1.29 is 9.21 Å². The smallest absolute Gasteiger partial charge is 0.287 e. The van der Waals surface area contributed by atoms with E-state index in [-0.39, 0.29) is 5.91 Å². The van der Waals surface area contributed by atoms with Crippen LogP contribution in [0.25, 0.3) is 10.9 Å². The number of benzene rings is 1. The predicted molar refractivity (Wildman–Crippen MR) is 89.0 cm³/mol. The molecule has 0 saturated carbocycles. The maximum Gasteiger partial charge on any atom is 0.287 e. The standard InChI is InChI=1S/C18H19N3O2/c1-21(2)12-15-9-10-17(23-15)18(22)19-11-14-8-7-13-5-3-4-6-16(13)20-14/h3-10H,11-12H2,1-2H3,(H,19,22). The third-order valence-electron chi connectivity index (χ3n) is 3.44. The summed E-state index contributed by atoms with van der Waals surface area (Å²) in [7, 11) is 3.90. The van der Waals surface area contributed by atoms with Crippen LogP contribution in [0.2, 0.25) is 0 Å². The average molecular weight is 309 g/mol. The summed E-state index contributed by atoms with van der Waals surface area (Å²) in [6.45, 7) is 1.03. The van der Waals surface area contributed by atoms with Gasteiger partial charge < -0.3 is 14.6 Å². The lowest BCUT2D eigenvalue weighted by atomic mass is 10.2. The monoisotopic (exact) mass is 309 g/mol. The Morgan fingerprint density at radius 2 is 1.96 bits per heavy atom. The molecule has 0 aliphatic rings. The lowest BCUT2D eigenvalue weighted by molar-refractivity contribution is 0.0919. The molecule has 0 radical (unpaired) electrons. The number of carbonyl (C=O) groups is 1. The summed E-state index contributed by atoms with van der Waals surface area (Å²) in [6.07, 6.45) is 0. The number of furan rings is 1. The summed E-state index contributed by atoms with van der Waals surface area (Å²) < 4.78 is 5.54. The number of fused-ring (bicyclic) bond motifs is 1. The highest BCUT2D eigenvalue weighted by Crippen LogP contribution is 2.12. The van der Waals surface area contributed by atoms with Crippen molar-refractivity contribution in [2.75, 3.05) is 14.1 Å². The highest BCUT2D eigenvalue weighted by atomic mass is 16.4. The summed E-state index contributed by atoms with van der Waals surface area (Å²) in [4.78, 5) is 18.7. The van der Waals surface area contributed by atoms with Crippen LogP contribution in [-0.4, -0.2) is 29.9 Å². The normalized spacial score (nSPS) is 11.1. The van der Waals surface area contributed by atoms with E-state index >= 15 is 0 Å². The lowest BCUT2D eigenvalue weighted by Crippen LogP contribution is -2.22. The van der Waals surface area contributed by atoms with Crippen LogP contribution in [0.15, 0.2) is 52.9 Å². The van der Waals surface area contributed by atoms with Crippen molar-refractivity contribution in [2.45, 2.75) is 13.1 Å². The molecular formula is C18H19N3O2. The van der Waals surface area contributed by atoms with Crippen LogP contribution in [0.4, 0.5) is 0 Å². The number of para-hydroxylation sites is 1. The maximum atomic E-state index is 12.1. The third kappa shape index (κ3) is 3.76. The van der Waals surface area contributed by atoms with Gasteiger partial charge in [0.25, 0.3) is 5.91 Å². The summed E-state index contributed by atoms with van der Waals surface area (Å²) >= 11 is 0. The zero-order valence-electron chi connectivity index (χ0n) is 13.2. The number of nitrogens with one attached hydrogen (secondary N) is 1. The second-order valence-corrected chi connectivity index (χ2v) is 5.68. The Hall–Kier alpha value is -2.66. The fourth-order valence-electron chi connectivity index (χ4n) is 2.36. The van der Waals surface area contributed by atoms with Crippen LogP contribution in [-0.2, 0) is 13.1 Å². The minimum absolute atomic E-state index is 0.232. The van der Waals surface area contributed by atoms with Gasteiger partial charge in [-0.1, -0.05) is 24.3 Å². The average Bonchev–Trinajstić information content (AvgIpc) is 3.00. The van der Waals surface area contributed by atoms with Crippen LogP contribution in [0.3, 0.4) is 0 Å². The Morgan fingerprint density at radius 3 is 2.78 bits per heavy atom. The Balaban J connectivity index is 1.64. The zero-order valence-corrected chi connectivity index (χ0v) is 13.2. The summed E-state index contributed by atoms with van der Waals surface area (Å²) in [6, 6.07) is 15.3. The molecule has 0 atom stereocenters. The second kappa shape index (κ2) is 6.62. The van der Waals surface area contributed by atoms with Crippen molar-refractivity contribution in [3.8, 4) is 0 Å². The van der Waals surface area contributed by atoms with E-state index in [1.54, 1.807) is 6.07 Å². The molecule has 5 heteroatoms. The van der Waals surface area contributed by atoms with Gasteiger partial charge in [0.1, 0.15) is 5.76 Å². The van der Waals surface area contributed by atoms with Crippen molar-refractivity contribution in [1.29, 1.82) is 0 Å². The number of hydrogen-bond acceptors (Lipinski definition) is 4. The van der Waals surface area contributed by atoms with E-state index in [1.165, 1.54) is 0 Å². The van der Waals surface area contributed by atoms with Crippen molar-refractivity contribution in [2.24, 2.45) is 0 Å². The van der Waals surface area contributed by atoms with Crippen molar-refractivity contribution in [3.05, 3.63) is 65.7 Å². The fraction of sp³-hybridized carbons (Fsp3) is 0.222. The Morgan fingerprint density at radius 1 is 1.13 bits per heavy atom. The molecule has 3 aromatic rings. The molecule has 0 aliphatic carbocycles. The highest BCUT2D eigenvalue weighted by molar-refractivity contribution is 5.91. The van der Waals surface area contributed by atoms with Crippen LogP contribution in [0.5, 0.6) is 0 Å². The van der Waals surface area contributed by atoms with Gasteiger partial charge >= 0.3 is 0 Å². The van der Waals surface area contributed by atoms with Gasteiger partial charge in [0, 0.05) is 5.39 Å². The number of nitrogens with zero attached hydrogens (tertiary/aromatic N) is 2. The molecule has 1 N–H and O–H groups in total. The van der Waals surface area contributed by atoms with Crippen LogP contribution in [0, 0.1) is 0 Å². The number of pyridine rings is 1. The molecule has 23 heavy (non-hydrogen) atoms. The molecule has 118 valence electrons. The molecule has 0 bridgehead atoms. The van der Waals surface area contributed by atoms with Crippen molar-refractivity contribution in [3.63, 3.8) is 0 Å². The maximum absolute atomic E-state index is 12.1. The summed E-state index contributed by atoms with van der Waals surface area (Å²) in [5.41, 5.74) is 1.74. The number of hydrogen-bond donors (Lipinski definition) is 1. The SMILES string of the molecule is CN(C)Cc1ccc(C(=O)NCc2ccc3ccccc3n2)o1. The molecule has 0 fully saturated rings.